The van der Waals surface area contributed by atoms with Gasteiger partial charge in [-0.25, -0.2) is 0 Å². The molecule has 0 bridgehead atoms. The van der Waals surface area contributed by atoms with E-state index in [2.05, 4.69) is 29.1 Å². The molecule has 3 nitrogen and oxygen atoms in total. The molecule has 1 N–H and O–H groups in total. The molecule has 0 amide bonds. The van der Waals surface area contributed by atoms with Crippen LogP contribution >= 0.6 is 0 Å². The fraction of sp³-hybridized carbons (Fsp3) is 1.00. The van der Waals surface area contributed by atoms with Crippen molar-refractivity contribution in [3.8, 4) is 0 Å². The molecule has 2 saturated carbocycles. The molecule has 0 spiro atoms. The Balaban J connectivity index is 1.42. The average molecular weight is 265 g/mol. The molecule has 110 valence electrons. The van der Waals surface area contributed by atoms with E-state index < -0.39 is 0 Å². The number of nitrogens with zero attached hydrogens (tertiary/aromatic N) is 2. The Morgan fingerprint density at radius 3 is 2.63 bits per heavy atom. The van der Waals surface area contributed by atoms with Crippen LogP contribution in [-0.4, -0.2) is 61.2 Å². The maximum absolute atomic E-state index is 3.72. The molecule has 1 heterocycles. The van der Waals surface area contributed by atoms with Crippen molar-refractivity contribution in [1.29, 1.82) is 0 Å². The molecule has 3 aliphatic rings. The van der Waals surface area contributed by atoms with Crippen LogP contribution in [0.1, 0.15) is 45.4 Å². The van der Waals surface area contributed by atoms with Gasteiger partial charge in [-0.3, -0.25) is 4.90 Å². The van der Waals surface area contributed by atoms with Gasteiger partial charge in [0.25, 0.3) is 0 Å². The highest BCUT2D eigenvalue weighted by atomic mass is 15.2. The van der Waals surface area contributed by atoms with E-state index in [0.29, 0.717) is 0 Å². The van der Waals surface area contributed by atoms with Crippen LogP contribution in [-0.2, 0) is 0 Å². The van der Waals surface area contributed by atoms with Crippen LogP contribution in [0.25, 0.3) is 0 Å². The fourth-order valence-electron chi connectivity index (χ4n) is 3.96. The second-order valence-electron chi connectivity index (χ2n) is 6.95. The molecule has 2 aliphatic carbocycles. The van der Waals surface area contributed by atoms with E-state index >= 15 is 0 Å². The minimum absolute atomic E-state index is 0.827. The number of hydrogen-bond donors (Lipinski definition) is 1. The second-order valence-corrected chi connectivity index (χ2v) is 6.95. The van der Waals surface area contributed by atoms with Crippen LogP contribution in [0.4, 0.5) is 0 Å². The van der Waals surface area contributed by atoms with E-state index in [0.717, 1.165) is 24.0 Å². The molecule has 3 rings (SSSR count). The molecule has 1 saturated heterocycles. The molecule has 3 fully saturated rings. The third-order valence-corrected chi connectivity index (χ3v) is 5.59. The summed E-state index contributed by atoms with van der Waals surface area (Å²) < 4.78 is 0. The Morgan fingerprint density at radius 1 is 1.16 bits per heavy atom. The summed E-state index contributed by atoms with van der Waals surface area (Å²) in [5.41, 5.74) is 0. The standard InChI is InChI=1S/C16H31N3/c1-3-19-10-4-5-15(19)12-18(2)16-9-6-13(16)11-17-14-7-8-14/h13-17H,3-12H2,1-2H3. The molecule has 0 aromatic heterocycles. The number of hydrogen-bond acceptors (Lipinski definition) is 3. The summed E-state index contributed by atoms with van der Waals surface area (Å²) >= 11 is 0. The van der Waals surface area contributed by atoms with Gasteiger partial charge in [0.05, 0.1) is 0 Å². The third kappa shape index (κ3) is 3.32. The zero-order valence-corrected chi connectivity index (χ0v) is 12.8. The van der Waals surface area contributed by atoms with Crippen LogP contribution in [0.2, 0.25) is 0 Å². The van der Waals surface area contributed by atoms with Crippen molar-refractivity contribution in [3.05, 3.63) is 0 Å². The maximum atomic E-state index is 3.72. The van der Waals surface area contributed by atoms with Gasteiger partial charge in [0, 0.05) is 24.7 Å². The lowest BCUT2D eigenvalue weighted by molar-refractivity contribution is 0.0627. The van der Waals surface area contributed by atoms with E-state index in [4.69, 9.17) is 0 Å². The van der Waals surface area contributed by atoms with Gasteiger partial charge >= 0.3 is 0 Å². The molecular weight excluding hydrogens is 234 g/mol. The summed E-state index contributed by atoms with van der Waals surface area (Å²) in [4.78, 5) is 5.34. The zero-order valence-electron chi connectivity index (χ0n) is 12.8. The van der Waals surface area contributed by atoms with Crippen LogP contribution < -0.4 is 5.32 Å². The van der Waals surface area contributed by atoms with E-state index in [1.807, 2.05) is 0 Å². The van der Waals surface area contributed by atoms with E-state index in [1.54, 1.807) is 0 Å². The Labute approximate surface area is 118 Å². The molecule has 3 heteroatoms. The van der Waals surface area contributed by atoms with Crippen LogP contribution in [0.5, 0.6) is 0 Å². The monoisotopic (exact) mass is 265 g/mol. The van der Waals surface area contributed by atoms with Crippen molar-refractivity contribution in [2.75, 3.05) is 33.2 Å². The first-order valence-electron chi connectivity index (χ1n) is 8.45. The SMILES string of the molecule is CCN1CCCC1CN(C)C1CCC1CNC1CC1. The number of likely N-dealkylation sites (tertiary alicyclic amines) is 1. The molecule has 0 radical (unpaired) electrons. The summed E-state index contributed by atoms with van der Waals surface area (Å²) in [6.45, 7) is 7.42. The molecule has 0 aromatic rings. The van der Waals surface area contributed by atoms with Gasteiger partial charge in [-0.15, -0.1) is 0 Å². The van der Waals surface area contributed by atoms with E-state index in [-0.39, 0.29) is 0 Å². The van der Waals surface area contributed by atoms with Gasteiger partial charge in [0.15, 0.2) is 0 Å². The molecule has 3 unspecified atom stereocenters. The topological polar surface area (TPSA) is 18.5 Å². The highest BCUT2D eigenvalue weighted by Gasteiger charge is 2.36. The summed E-state index contributed by atoms with van der Waals surface area (Å²) in [6.07, 6.45) is 8.52. The van der Waals surface area contributed by atoms with E-state index in [1.165, 1.54) is 64.7 Å². The molecule has 0 aromatic carbocycles. The van der Waals surface area contributed by atoms with Gasteiger partial charge in [0.2, 0.25) is 0 Å². The fourth-order valence-corrected chi connectivity index (χ4v) is 3.96. The van der Waals surface area contributed by atoms with Gasteiger partial charge in [-0.05, 0) is 71.1 Å². The van der Waals surface area contributed by atoms with Crippen molar-refractivity contribution in [1.82, 2.24) is 15.1 Å². The van der Waals surface area contributed by atoms with Crippen molar-refractivity contribution >= 4 is 0 Å². The molecule has 19 heavy (non-hydrogen) atoms. The highest BCUT2D eigenvalue weighted by molar-refractivity contribution is 4.93. The Morgan fingerprint density at radius 2 is 2.00 bits per heavy atom. The first-order valence-corrected chi connectivity index (χ1v) is 8.45. The molecule has 3 atom stereocenters. The van der Waals surface area contributed by atoms with Gasteiger partial charge < -0.3 is 10.2 Å². The quantitative estimate of drug-likeness (QED) is 0.759. The Bertz CT molecular complexity index is 290. The minimum Gasteiger partial charge on any atom is -0.314 e. The number of likely N-dealkylation sites (N-methyl/N-ethyl adjacent to an activating group) is 2. The maximum Gasteiger partial charge on any atom is 0.0223 e. The van der Waals surface area contributed by atoms with Crippen molar-refractivity contribution in [2.24, 2.45) is 5.92 Å². The van der Waals surface area contributed by atoms with Crippen molar-refractivity contribution in [2.45, 2.75) is 63.6 Å². The molecule has 1 aliphatic heterocycles. The minimum atomic E-state index is 0.827. The van der Waals surface area contributed by atoms with Crippen LogP contribution in [0, 0.1) is 5.92 Å². The average Bonchev–Trinajstić information content (AvgIpc) is 3.07. The summed E-state index contributed by atoms with van der Waals surface area (Å²) in [6, 6.07) is 2.55. The zero-order chi connectivity index (χ0) is 13.2. The van der Waals surface area contributed by atoms with Gasteiger partial charge in [0.1, 0.15) is 0 Å². The van der Waals surface area contributed by atoms with Gasteiger partial charge in [-0.2, -0.15) is 0 Å². The summed E-state index contributed by atoms with van der Waals surface area (Å²) in [5.74, 6) is 0.919. The number of rotatable bonds is 7. The van der Waals surface area contributed by atoms with Crippen LogP contribution in [0.3, 0.4) is 0 Å². The lowest BCUT2D eigenvalue weighted by Crippen LogP contribution is -2.52. The van der Waals surface area contributed by atoms with Gasteiger partial charge in [-0.1, -0.05) is 6.92 Å². The largest absolute Gasteiger partial charge is 0.314 e. The van der Waals surface area contributed by atoms with Crippen LogP contribution in [0.15, 0.2) is 0 Å². The highest BCUT2D eigenvalue weighted by Crippen LogP contribution is 2.33. The summed E-state index contributed by atoms with van der Waals surface area (Å²) in [5, 5.41) is 3.72. The van der Waals surface area contributed by atoms with Crippen molar-refractivity contribution in [3.63, 3.8) is 0 Å². The molecular formula is C16H31N3. The third-order valence-electron chi connectivity index (χ3n) is 5.59. The predicted molar refractivity (Wildman–Crippen MR) is 80.4 cm³/mol. The lowest BCUT2D eigenvalue weighted by Gasteiger charge is -2.44. The van der Waals surface area contributed by atoms with Crippen molar-refractivity contribution < 1.29 is 0 Å². The Kier molecular flexibility index (Phi) is 4.45. The number of nitrogens with one attached hydrogen (secondary N) is 1. The second kappa shape index (κ2) is 6.11. The van der Waals surface area contributed by atoms with E-state index in [9.17, 15) is 0 Å². The first kappa shape index (κ1) is 13.8. The normalized spacial score (nSPS) is 35.8. The first-order chi connectivity index (χ1) is 9.28. The predicted octanol–water partition coefficient (Wildman–Crippen LogP) is 1.93. The lowest BCUT2D eigenvalue weighted by atomic mass is 9.78. The smallest absolute Gasteiger partial charge is 0.0223 e. The Hall–Kier alpha value is -0.120. The summed E-state index contributed by atoms with van der Waals surface area (Å²) in [7, 11) is 2.36.